The van der Waals surface area contributed by atoms with Gasteiger partial charge < -0.3 is 4.57 Å². The van der Waals surface area contributed by atoms with Crippen molar-refractivity contribution in [2.24, 2.45) is 5.92 Å². The third kappa shape index (κ3) is 3.94. The van der Waals surface area contributed by atoms with Crippen LogP contribution >= 0.6 is 11.8 Å². The Morgan fingerprint density at radius 1 is 1.29 bits per heavy atom. The molecule has 5 heteroatoms. The Morgan fingerprint density at radius 2 is 2.00 bits per heavy atom. The SMILES string of the molecule is CC(C)Cn1ccnc(S[C@@H](C)c2ccccc2F)c1=O. The van der Waals surface area contributed by atoms with Crippen LogP contribution in [0.4, 0.5) is 4.39 Å². The Kier molecular flexibility index (Phi) is 5.17. The van der Waals surface area contributed by atoms with E-state index in [1.54, 1.807) is 35.2 Å². The van der Waals surface area contributed by atoms with Crippen molar-refractivity contribution in [1.82, 2.24) is 9.55 Å². The molecule has 112 valence electrons. The molecule has 0 radical (unpaired) electrons. The number of nitrogens with zero attached hydrogens (tertiary/aromatic N) is 2. The molecule has 21 heavy (non-hydrogen) atoms. The van der Waals surface area contributed by atoms with Crippen molar-refractivity contribution in [3.63, 3.8) is 0 Å². The zero-order valence-electron chi connectivity index (χ0n) is 12.4. The smallest absolute Gasteiger partial charge is 0.283 e. The van der Waals surface area contributed by atoms with Crippen LogP contribution in [0.5, 0.6) is 0 Å². The fourth-order valence-electron chi connectivity index (χ4n) is 2.08. The van der Waals surface area contributed by atoms with Crippen molar-refractivity contribution in [3.05, 3.63) is 58.4 Å². The molecule has 1 aromatic heterocycles. The summed E-state index contributed by atoms with van der Waals surface area (Å²) in [6, 6.07) is 6.63. The lowest BCUT2D eigenvalue weighted by atomic mass is 10.1. The first-order chi connectivity index (χ1) is 9.99. The monoisotopic (exact) mass is 306 g/mol. The van der Waals surface area contributed by atoms with Crippen LogP contribution in [-0.4, -0.2) is 9.55 Å². The van der Waals surface area contributed by atoms with Gasteiger partial charge >= 0.3 is 0 Å². The van der Waals surface area contributed by atoms with Crippen LogP contribution in [0.25, 0.3) is 0 Å². The molecule has 0 saturated carbocycles. The maximum atomic E-state index is 13.8. The third-order valence-electron chi connectivity index (χ3n) is 3.08. The van der Waals surface area contributed by atoms with Gasteiger partial charge in [-0.3, -0.25) is 4.79 Å². The van der Waals surface area contributed by atoms with Crippen molar-refractivity contribution >= 4 is 11.8 Å². The largest absolute Gasteiger partial charge is 0.311 e. The summed E-state index contributed by atoms with van der Waals surface area (Å²) in [7, 11) is 0. The van der Waals surface area contributed by atoms with E-state index < -0.39 is 0 Å². The Balaban J connectivity index is 2.24. The molecule has 1 aromatic carbocycles. The Hall–Kier alpha value is -1.62. The summed E-state index contributed by atoms with van der Waals surface area (Å²) in [5.74, 6) is 0.128. The lowest BCUT2D eigenvalue weighted by molar-refractivity contribution is 0.502. The normalized spacial score (nSPS) is 12.6. The van der Waals surface area contributed by atoms with Gasteiger partial charge in [0.25, 0.3) is 5.56 Å². The zero-order chi connectivity index (χ0) is 15.4. The molecule has 0 spiro atoms. The van der Waals surface area contributed by atoms with Crippen LogP contribution in [0.15, 0.2) is 46.5 Å². The van der Waals surface area contributed by atoms with E-state index in [-0.39, 0.29) is 16.6 Å². The maximum absolute atomic E-state index is 13.8. The zero-order valence-corrected chi connectivity index (χ0v) is 13.2. The van der Waals surface area contributed by atoms with Crippen LogP contribution in [-0.2, 0) is 6.54 Å². The molecule has 0 aliphatic carbocycles. The summed E-state index contributed by atoms with van der Waals surface area (Å²) in [6.45, 7) is 6.65. The lowest BCUT2D eigenvalue weighted by Gasteiger charge is -2.13. The second-order valence-corrected chi connectivity index (χ2v) is 6.69. The van der Waals surface area contributed by atoms with Gasteiger partial charge in [-0.15, -0.1) is 0 Å². The minimum absolute atomic E-state index is 0.112. The molecule has 0 saturated heterocycles. The average Bonchev–Trinajstić information content (AvgIpc) is 2.43. The molecule has 0 unspecified atom stereocenters. The molecular formula is C16H19FN2OS. The number of hydrogen-bond donors (Lipinski definition) is 0. The summed E-state index contributed by atoms with van der Waals surface area (Å²) < 4.78 is 15.4. The van der Waals surface area contributed by atoms with E-state index >= 15 is 0 Å². The fraction of sp³-hybridized carbons (Fsp3) is 0.375. The number of aromatic nitrogens is 2. The van der Waals surface area contributed by atoms with E-state index in [0.29, 0.717) is 23.1 Å². The maximum Gasteiger partial charge on any atom is 0.283 e. The van der Waals surface area contributed by atoms with E-state index in [0.717, 1.165) is 0 Å². The van der Waals surface area contributed by atoms with Gasteiger partial charge in [0, 0.05) is 29.8 Å². The van der Waals surface area contributed by atoms with Gasteiger partial charge in [0.2, 0.25) is 0 Å². The van der Waals surface area contributed by atoms with E-state index in [2.05, 4.69) is 18.8 Å². The molecule has 2 rings (SSSR count). The highest BCUT2D eigenvalue weighted by Gasteiger charge is 2.15. The highest BCUT2D eigenvalue weighted by Crippen LogP contribution is 2.33. The van der Waals surface area contributed by atoms with Gasteiger partial charge in [0.05, 0.1) is 0 Å². The predicted molar refractivity (Wildman–Crippen MR) is 84.0 cm³/mol. The first kappa shape index (κ1) is 15.8. The second-order valence-electron chi connectivity index (χ2n) is 5.37. The van der Waals surface area contributed by atoms with Gasteiger partial charge in [-0.25, -0.2) is 9.37 Å². The summed E-state index contributed by atoms with van der Waals surface area (Å²) in [5.41, 5.74) is 0.474. The van der Waals surface area contributed by atoms with Crippen LogP contribution in [0.3, 0.4) is 0 Å². The number of hydrogen-bond acceptors (Lipinski definition) is 3. The van der Waals surface area contributed by atoms with Crippen LogP contribution in [0.1, 0.15) is 31.6 Å². The minimum Gasteiger partial charge on any atom is -0.311 e. The molecular weight excluding hydrogens is 287 g/mol. The Labute approximate surface area is 128 Å². The molecule has 3 nitrogen and oxygen atoms in total. The Morgan fingerprint density at radius 3 is 2.67 bits per heavy atom. The van der Waals surface area contributed by atoms with E-state index in [1.807, 2.05) is 6.92 Å². The van der Waals surface area contributed by atoms with Crippen LogP contribution in [0, 0.1) is 11.7 Å². The minimum atomic E-state index is -0.254. The third-order valence-corrected chi connectivity index (χ3v) is 4.19. The van der Waals surface area contributed by atoms with Crippen molar-refractivity contribution in [3.8, 4) is 0 Å². The molecule has 0 aliphatic heterocycles. The van der Waals surface area contributed by atoms with Crippen molar-refractivity contribution < 1.29 is 4.39 Å². The number of rotatable bonds is 5. The Bertz CT molecular complexity index is 669. The van der Waals surface area contributed by atoms with Crippen molar-refractivity contribution in [2.45, 2.75) is 37.6 Å². The molecule has 1 atom stereocenters. The molecule has 0 fully saturated rings. The van der Waals surface area contributed by atoms with Gasteiger partial charge in [0.1, 0.15) is 5.82 Å². The summed E-state index contributed by atoms with van der Waals surface area (Å²) in [4.78, 5) is 16.5. The molecule has 1 heterocycles. The topological polar surface area (TPSA) is 34.9 Å². The predicted octanol–water partition coefficient (Wildman–Crippen LogP) is 3.89. The van der Waals surface area contributed by atoms with Gasteiger partial charge in [-0.1, -0.05) is 43.8 Å². The number of halogens is 1. The summed E-state index contributed by atoms with van der Waals surface area (Å²) in [6.07, 6.45) is 3.32. The number of benzene rings is 1. The number of thioether (sulfide) groups is 1. The highest BCUT2D eigenvalue weighted by atomic mass is 32.2. The standard InChI is InChI=1S/C16H19FN2OS/c1-11(2)10-19-9-8-18-15(16(19)20)21-12(3)13-6-4-5-7-14(13)17/h4-9,11-12H,10H2,1-3H3/t12-/m0/s1. The van der Waals surface area contributed by atoms with Crippen LogP contribution < -0.4 is 5.56 Å². The lowest BCUT2D eigenvalue weighted by Crippen LogP contribution is -2.24. The van der Waals surface area contributed by atoms with Crippen molar-refractivity contribution in [2.75, 3.05) is 0 Å². The highest BCUT2D eigenvalue weighted by molar-refractivity contribution is 7.99. The molecule has 0 bridgehead atoms. The van der Waals surface area contributed by atoms with E-state index in [4.69, 9.17) is 0 Å². The average molecular weight is 306 g/mol. The quantitative estimate of drug-likeness (QED) is 0.786. The second kappa shape index (κ2) is 6.89. The summed E-state index contributed by atoms with van der Waals surface area (Å²) >= 11 is 1.29. The van der Waals surface area contributed by atoms with Gasteiger partial charge in [-0.2, -0.15) is 0 Å². The first-order valence-corrected chi connectivity index (χ1v) is 7.83. The van der Waals surface area contributed by atoms with Crippen molar-refractivity contribution in [1.29, 1.82) is 0 Å². The molecule has 2 aromatic rings. The van der Waals surface area contributed by atoms with Gasteiger partial charge in [0.15, 0.2) is 5.03 Å². The molecule has 0 amide bonds. The summed E-state index contributed by atoms with van der Waals surface area (Å²) in [5, 5.41) is 0.246. The van der Waals surface area contributed by atoms with Crippen LogP contribution in [0.2, 0.25) is 0 Å². The first-order valence-electron chi connectivity index (χ1n) is 6.95. The molecule has 0 aliphatic rings. The van der Waals surface area contributed by atoms with Gasteiger partial charge in [-0.05, 0) is 18.9 Å². The molecule has 0 N–H and O–H groups in total. The van der Waals surface area contributed by atoms with E-state index in [9.17, 15) is 9.18 Å². The van der Waals surface area contributed by atoms with E-state index in [1.165, 1.54) is 17.8 Å². The fourth-order valence-corrected chi connectivity index (χ4v) is 3.07.